The van der Waals surface area contributed by atoms with Crippen LogP contribution in [0.5, 0.6) is 0 Å². The minimum Gasteiger partial charge on any atom is -0.356 e. The van der Waals surface area contributed by atoms with Crippen LogP contribution in [0.15, 0.2) is 0 Å². The molecule has 2 saturated heterocycles. The number of piperidine rings is 1. The molecule has 3 nitrogen and oxygen atoms in total. The number of unbranched alkanes of at least 4 members (excludes halogenated alkanes) is 1. The lowest BCUT2D eigenvalue weighted by Gasteiger charge is -2.28. The zero-order chi connectivity index (χ0) is 14.4. The number of carbonyl (C=O) groups is 1. The molecule has 2 heterocycles. The van der Waals surface area contributed by atoms with E-state index < -0.39 is 0 Å². The van der Waals surface area contributed by atoms with Crippen LogP contribution in [-0.2, 0) is 4.79 Å². The van der Waals surface area contributed by atoms with Crippen LogP contribution in [0.1, 0.15) is 71.6 Å². The summed E-state index contributed by atoms with van der Waals surface area (Å²) in [6.45, 7) is 5.35. The van der Waals surface area contributed by atoms with Crippen molar-refractivity contribution in [3.05, 3.63) is 0 Å². The number of carbonyl (C=O) groups excluding carboxylic acids is 1. The van der Waals surface area contributed by atoms with Crippen molar-refractivity contribution in [3.8, 4) is 0 Å². The first-order valence-electron chi connectivity index (χ1n) is 8.74. The Balaban J connectivity index is 1.64. The SMILES string of the molecule is CCCCC(CC)CNC(=O)CC1CC2CCC(C1)N2. The van der Waals surface area contributed by atoms with Crippen molar-refractivity contribution in [1.29, 1.82) is 0 Å². The summed E-state index contributed by atoms with van der Waals surface area (Å²) in [4.78, 5) is 12.1. The fraction of sp³-hybridized carbons (Fsp3) is 0.941. The Labute approximate surface area is 124 Å². The number of hydrogen-bond donors (Lipinski definition) is 2. The van der Waals surface area contributed by atoms with E-state index in [1.807, 2.05) is 0 Å². The Bertz CT molecular complexity index is 293. The largest absolute Gasteiger partial charge is 0.356 e. The predicted molar refractivity (Wildman–Crippen MR) is 83.6 cm³/mol. The second-order valence-electron chi connectivity index (χ2n) is 6.90. The first-order chi connectivity index (χ1) is 9.71. The van der Waals surface area contributed by atoms with Crippen LogP contribution in [0, 0.1) is 11.8 Å². The molecule has 0 aromatic rings. The molecule has 2 rings (SSSR count). The molecular formula is C17H32N2O. The minimum atomic E-state index is 0.284. The van der Waals surface area contributed by atoms with Crippen molar-refractivity contribution in [1.82, 2.24) is 10.6 Å². The van der Waals surface area contributed by atoms with E-state index in [-0.39, 0.29) is 5.91 Å². The molecule has 0 aliphatic carbocycles. The second-order valence-corrected chi connectivity index (χ2v) is 6.90. The first kappa shape index (κ1) is 15.8. The third kappa shape index (κ3) is 4.76. The molecular weight excluding hydrogens is 248 g/mol. The zero-order valence-electron chi connectivity index (χ0n) is 13.3. The maximum Gasteiger partial charge on any atom is 0.220 e. The molecule has 3 atom stereocenters. The van der Waals surface area contributed by atoms with Crippen LogP contribution in [-0.4, -0.2) is 24.5 Å². The highest BCUT2D eigenvalue weighted by molar-refractivity contribution is 5.76. The van der Waals surface area contributed by atoms with Crippen molar-refractivity contribution in [3.63, 3.8) is 0 Å². The van der Waals surface area contributed by atoms with Gasteiger partial charge in [-0.05, 0) is 43.9 Å². The molecule has 0 spiro atoms. The van der Waals surface area contributed by atoms with Crippen molar-refractivity contribution in [2.75, 3.05) is 6.54 Å². The molecule has 0 saturated carbocycles. The van der Waals surface area contributed by atoms with E-state index in [1.54, 1.807) is 0 Å². The lowest BCUT2D eigenvalue weighted by atomic mass is 9.89. The summed E-state index contributed by atoms with van der Waals surface area (Å²) in [6.07, 6.45) is 10.8. The van der Waals surface area contributed by atoms with Crippen molar-refractivity contribution in [2.45, 2.75) is 83.7 Å². The number of nitrogens with one attached hydrogen (secondary N) is 2. The summed E-state index contributed by atoms with van der Waals surface area (Å²) in [5.41, 5.74) is 0. The molecule has 0 radical (unpaired) electrons. The predicted octanol–water partition coefficient (Wildman–Crippen LogP) is 3.24. The van der Waals surface area contributed by atoms with Gasteiger partial charge in [0.25, 0.3) is 0 Å². The average molecular weight is 280 g/mol. The molecule has 2 bridgehead atoms. The number of amides is 1. The summed E-state index contributed by atoms with van der Waals surface area (Å²) in [7, 11) is 0. The molecule has 3 unspecified atom stereocenters. The third-order valence-electron chi connectivity index (χ3n) is 5.18. The summed E-state index contributed by atoms with van der Waals surface area (Å²) < 4.78 is 0. The zero-order valence-corrected chi connectivity index (χ0v) is 13.3. The van der Waals surface area contributed by atoms with Gasteiger partial charge in [-0.2, -0.15) is 0 Å². The van der Waals surface area contributed by atoms with Crippen LogP contribution in [0.4, 0.5) is 0 Å². The Morgan fingerprint density at radius 3 is 2.55 bits per heavy atom. The molecule has 3 heteroatoms. The summed E-state index contributed by atoms with van der Waals surface area (Å²) in [5.74, 6) is 1.57. The monoisotopic (exact) mass is 280 g/mol. The normalized spacial score (nSPS) is 30.2. The van der Waals surface area contributed by atoms with Gasteiger partial charge in [-0.25, -0.2) is 0 Å². The van der Waals surface area contributed by atoms with Gasteiger partial charge in [0.1, 0.15) is 0 Å². The summed E-state index contributed by atoms with van der Waals surface area (Å²) in [6, 6.07) is 1.39. The third-order valence-corrected chi connectivity index (χ3v) is 5.18. The standard InChI is InChI=1S/C17H32N2O/c1-3-5-6-13(4-2)12-18-17(20)11-14-9-15-7-8-16(10-14)19-15/h13-16,19H,3-12H2,1-2H3,(H,18,20). The van der Waals surface area contributed by atoms with Gasteiger partial charge in [-0.15, -0.1) is 0 Å². The lowest BCUT2D eigenvalue weighted by Crippen LogP contribution is -2.40. The minimum absolute atomic E-state index is 0.284. The van der Waals surface area contributed by atoms with E-state index >= 15 is 0 Å². The van der Waals surface area contributed by atoms with E-state index in [0.717, 1.165) is 13.0 Å². The Morgan fingerprint density at radius 1 is 1.25 bits per heavy atom. The quantitative estimate of drug-likeness (QED) is 0.716. The summed E-state index contributed by atoms with van der Waals surface area (Å²) in [5, 5.41) is 6.82. The second kappa shape index (κ2) is 8.02. The molecule has 0 aromatic carbocycles. The summed E-state index contributed by atoms with van der Waals surface area (Å²) >= 11 is 0. The fourth-order valence-corrected chi connectivity index (χ4v) is 3.88. The molecule has 0 aromatic heterocycles. The fourth-order valence-electron chi connectivity index (χ4n) is 3.88. The van der Waals surface area contributed by atoms with E-state index in [2.05, 4.69) is 24.5 Å². The molecule has 2 fully saturated rings. The van der Waals surface area contributed by atoms with Crippen LogP contribution in [0.2, 0.25) is 0 Å². The van der Waals surface area contributed by atoms with E-state index in [0.29, 0.717) is 23.9 Å². The van der Waals surface area contributed by atoms with Gasteiger partial charge in [0.05, 0.1) is 0 Å². The van der Waals surface area contributed by atoms with E-state index in [4.69, 9.17) is 0 Å². The Kier molecular flexibility index (Phi) is 6.34. The van der Waals surface area contributed by atoms with Gasteiger partial charge in [0, 0.05) is 25.0 Å². The molecule has 2 N–H and O–H groups in total. The van der Waals surface area contributed by atoms with Gasteiger partial charge in [-0.3, -0.25) is 4.79 Å². The van der Waals surface area contributed by atoms with Gasteiger partial charge < -0.3 is 10.6 Å². The molecule has 2 aliphatic rings. The van der Waals surface area contributed by atoms with Gasteiger partial charge in [0.15, 0.2) is 0 Å². The molecule has 1 amide bonds. The highest BCUT2D eigenvalue weighted by atomic mass is 16.1. The maximum atomic E-state index is 12.1. The molecule has 20 heavy (non-hydrogen) atoms. The van der Waals surface area contributed by atoms with Crippen LogP contribution < -0.4 is 10.6 Å². The van der Waals surface area contributed by atoms with E-state index in [9.17, 15) is 4.79 Å². The highest BCUT2D eigenvalue weighted by Gasteiger charge is 2.34. The first-order valence-corrected chi connectivity index (χ1v) is 8.74. The Morgan fingerprint density at radius 2 is 1.95 bits per heavy atom. The molecule has 116 valence electrons. The highest BCUT2D eigenvalue weighted by Crippen LogP contribution is 2.32. The maximum absolute atomic E-state index is 12.1. The lowest BCUT2D eigenvalue weighted by molar-refractivity contribution is -0.122. The number of hydrogen-bond acceptors (Lipinski definition) is 2. The van der Waals surface area contributed by atoms with Crippen molar-refractivity contribution < 1.29 is 4.79 Å². The van der Waals surface area contributed by atoms with E-state index in [1.165, 1.54) is 51.4 Å². The van der Waals surface area contributed by atoms with Crippen LogP contribution >= 0.6 is 0 Å². The average Bonchev–Trinajstić information content (AvgIpc) is 2.78. The van der Waals surface area contributed by atoms with Crippen LogP contribution in [0.3, 0.4) is 0 Å². The topological polar surface area (TPSA) is 41.1 Å². The van der Waals surface area contributed by atoms with Crippen LogP contribution in [0.25, 0.3) is 0 Å². The van der Waals surface area contributed by atoms with Gasteiger partial charge in [-0.1, -0.05) is 33.1 Å². The number of fused-ring (bicyclic) bond motifs is 2. The van der Waals surface area contributed by atoms with Gasteiger partial charge >= 0.3 is 0 Å². The van der Waals surface area contributed by atoms with Crippen molar-refractivity contribution in [2.24, 2.45) is 11.8 Å². The Hall–Kier alpha value is -0.570. The molecule has 2 aliphatic heterocycles. The smallest absolute Gasteiger partial charge is 0.220 e. The van der Waals surface area contributed by atoms with Gasteiger partial charge in [0.2, 0.25) is 5.91 Å². The number of rotatable bonds is 8. The van der Waals surface area contributed by atoms with Crippen molar-refractivity contribution >= 4 is 5.91 Å².